The van der Waals surface area contributed by atoms with Gasteiger partial charge in [0.1, 0.15) is 28.4 Å². The van der Waals surface area contributed by atoms with Crippen molar-refractivity contribution in [1.29, 1.82) is 0 Å². The van der Waals surface area contributed by atoms with Gasteiger partial charge in [0.05, 0.1) is 33.0 Å². The first-order chi connectivity index (χ1) is 19.6. The lowest BCUT2D eigenvalue weighted by atomic mass is 9.89. The number of benzene rings is 2. The van der Waals surface area contributed by atoms with Gasteiger partial charge in [0.2, 0.25) is 0 Å². The number of furan rings is 1. The lowest BCUT2D eigenvalue weighted by molar-refractivity contribution is 0.0238. The molecular formula is C32H36N2O6. The van der Waals surface area contributed by atoms with Gasteiger partial charge in [-0.25, -0.2) is 4.79 Å². The van der Waals surface area contributed by atoms with E-state index >= 15 is 0 Å². The van der Waals surface area contributed by atoms with E-state index in [0.29, 0.717) is 77.3 Å². The van der Waals surface area contributed by atoms with Crippen molar-refractivity contribution in [3.63, 3.8) is 0 Å². The number of fused-ring (bicyclic) bond motifs is 3. The first-order valence-corrected chi connectivity index (χ1v) is 14.2. The third kappa shape index (κ3) is 4.90. The van der Waals surface area contributed by atoms with Crippen LogP contribution in [0, 0.1) is 12.8 Å². The topological polar surface area (TPSA) is 94.3 Å². The zero-order chi connectivity index (χ0) is 27.6. The van der Waals surface area contributed by atoms with E-state index in [1.165, 1.54) is 32.8 Å². The van der Waals surface area contributed by atoms with Crippen molar-refractivity contribution in [2.75, 3.05) is 40.0 Å². The van der Waals surface area contributed by atoms with Crippen molar-refractivity contribution in [2.45, 2.75) is 45.1 Å². The van der Waals surface area contributed by atoms with E-state index in [0.717, 1.165) is 17.9 Å². The molecule has 210 valence electrons. The molecule has 1 aliphatic heterocycles. The minimum atomic E-state index is -0.504. The Labute approximate surface area is 233 Å². The van der Waals surface area contributed by atoms with Gasteiger partial charge in [-0.15, -0.1) is 0 Å². The van der Waals surface area contributed by atoms with Crippen molar-refractivity contribution >= 4 is 27.7 Å². The smallest absolute Gasteiger partial charge is 0.342 e. The van der Waals surface area contributed by atoms with Gasteiger partial charge in [-0.1, -0.05) is 25.7 Å². The molecule has 0 amide bonds. The lowest BCUT2D eigenvalue weighted by Crippen LogP contribution is -2.39. The molecule has 4 aromatic rings. The number of esters is 1. The summed E-state index contributed by atoms with van der Waals surface area (Å²) in [5.74, 6) is 1.50. The second kappa shape index (κ2) is 11.5. The number of hydrogen-bond donors (Lipinski definition) is 1. The molecule has 2 fully saturated rings. The Hall–Kier alpha value is -3.62. The number of pyridine rings is 1. The van der Waals surface area contributed by atoms with Gasteiger partial charge in [0, 0.05) is 47.2 Å². The number of methoxy groups -OCH3 is 1. The van der Waals surface area contributed by atoms with E-state index in [1.807, 2.05) is 30.3 Å². The first kappa shape index (κ1) is 26.6. The Morgan fingerprint density at radius 1 is 1.12 bits per heavy atom. The Bertz CT molecular complexity index is 1500. The zero-order valence-electron chi connectivity index (χ0n) is 23.2. The van der Waals surface area contributed by atoms with Crippen LogP contribution in [0.5, 0.6) is 11.5 Å². The monoisotopic (exact) mass is 544 g/mol. The van der Waals surface area contributed by atoms with E-state index in [4.69, 9.17) is 18.6 Å². The second-order valence-electron chi connectivity index (χ2n) is 10.8. The third-order valence-electron chi connectivity index (χ3n) is 8.46. The Kier molecular flexibility index (Phi) is 7.63. The molecule has 2 aromatic heterocycles. The van der Waals surface area contributed by atoms with Crippen LogP contribution < -0.4 is 4.74 Å². The van der Waals surface area contributed by atoms with Gasteiger partial charge in [0.15, 0.2) is 0 Å². The van der Waals surface area contributed by atoms with E-state index < -0.39 is 5.97 Å². The maximum absolute atomic E-state index is 13.1. The highest BCUT2D eigenvalue weighted by Gasteiger charge is 2.34. The number of rotatable bonds is 8. The van der Waals surface area contributed by atoms with Crippen LogP contribution in [0.1, 0.15) is 65.4 Å². The maximum Gasteiger partial charge on any atom is 0.342 e. The molecule has 0 radical (unpaired) electrons. The SMILES string of the molecule is COC(=O)c1c(C)oc2c1c(C(c1ccncc1)N1CCOCC1)c(O)c1ccc(OCCC3CCCC3)cc12. The summed E-state index contributed by atoms with van der Waals surface area (Å²) in [7, 11) is 1.36. The van der Waals surface area contributed by atoms with Crippen molar-refractivity contribution in [3.05, 3.63) is 65.2 Å². The summed E-state index contributed by atoms with van der Waals surface area (Å²) in [5, 5.41) is 13.9. The molecular weight excluding hydrogens is 508 g/mol. The molecule has 40 heavy (non-hydrogen) atoms. The number of nitrogens with zero attached hydrogens (tertiary/aromatic N) is 2. The van der Waals surface area contributed by atoms with Crippen molar-refractivity contribution in [1.82, 2.24) is 9.88 Å². The van der Waals surface area contributed by atoms with Crippen LogP contribution in [-0.4, -0.2) is 61.0 Å². The summed E-state index contributed by atoms with van der Waals surface area (Å²) in [4.78, 5) is 19.6. The van der Waals surface area contributed by atoms with Crippen LogP contribution in [0.2, 0.25) is 0 Å². The lowest BCUT2D eigenvalue weighted by Gasteiger charge is -2.36. The van der Waals surface area contributed by atoms with Gasteiger partial charge in [-0.05, 0) is 55.2 Å². The molecule has 8 nitrogen and oxygen atoms in total. The number of phenolic OH excluding ortho intramolecular Hbond substituents is 1. The van der Waals surface area contributed by atoms with Gasteiger partial charge in [-0.3, -0.25) is 9.88 Å². The number of morpholine rings is 1. The van der Waals surface area contributed by atoms with Crippen LogP contribution in [-0.2, 0) is 9.47 Å². The Morgan fingerprint density at radius 2 is 1.88 bits per heavy atom. The highest BCUT2D eigenvalue weighted by Crippen LogP contribution is 2.48. The highest BCUT2D eigenvalue weighted by molar-refractivity contribution is 6.17. The number of ether oxygens (including phenoxy) is 3. The molecule has 1 saturated carbocycles. The minimum Gasteiger partial charge on any atom is -0.507 e. The zero-order valence-corrected chi connectivity index (χ0v) is 23.2. The predicted octanol–water partition coefficient (Wildman–Crippen LogP) is 6.16. The number of aryl methyl sites for hydroxylation is 1. The summed E-state index contributed by atoms with van der Waals surface area (Å²) in [6, 6.07) is 9.23. The molecule has 3 heterocycles. The molecule has 2 aliphatic rings. The average Bonchev–Trinajstić information content (AvgIpc) is 3.63. The molecule has 1 unspecified atom stereocenters. The molecule has 0 spiro atoms. The first-order valence-electron chi connectivity index (χ1n) is 14.2. The minimum absolute atomic E-state index is 0.110. The standard InChI is InChI=1S/C32H36N2O6/c1-20-26(32(36)37-2)27-28(29(22-9-12-33-13-10-22)34-14-17-38-18-15-34)30(35)24-8-7-23(19-25(24)31(27)40-20)39-16-11-21-5-3-4-6-21/h7-10,12-13,19,21,29,35H,3-6,11,14-18H2,1-2H3. The second-order valence-corrected chi connectivity index (χ2v) is 10.8. The van der Waals surface area contributed by atoms with E-state index in [9.17, 15) is 9.90 Å². The van der Waals surface area contributed by atoms with Crippen molar-refractivity contribution in [3.8, 4) is 11.5 Å². The Balaban J connectivity index is 1.54. The average molecular weight is 545 g/mol. The summed E-state index contributed by atoms with van der Waals surface area (Å²) in [6.07, 6.45) is 9.71. The Morgan fingerprint density at radius 3 is 2.60 bits per heavy atom. The number of hydrogen-bond acceptors (Lipinski definition) is 8. The fourth-order valence-electron chi connectivity index (χ4n) is 6.46. The van der Waals surface area contributed by atoms with Crippen LogP contribution >= 0.6 is 0 Å². The van der Waals surface area contributed by atoms with Crippen LogP contribution in [0.25, 0.3) is 21.7 Å². The molecule has 1 N–H and O–H groups in total. The normalized spacial score (nSPS) is 17.4. The predicted molar refractivity (Wildman–Crippen MR) is 152 cm³/mol. The highest BCUT2D eigenvalue weighted by atomic mass is 16.5. The summed E-state index contributed by atoms with van der Waals surface area (Å²) in [6.45, 7) is 4.91. The van der Waals surface area contributed by atoms with E-state index in [1.54, 1.807) is 19.3 Å². The number of carbonyl (C=O) groups excluding carboxylic acids is 1. The fraction of sp³-hybridized carbons (Fsp3) is 0.438. The fourth-order valence-corrected chi connectivity index (χ4v) is 6.46. The number of carbonyl (C=O) groups is 1. The van der Waals surface area contributed by atoms with Crippen LogP contribution in [0.3, 0.4) is 0 Å². The quantitative estimate of drug-likeness (QED) is 0.264. The summed E-state index contributed by atoms with van der Waals surface area (Å²) < 4.78 is 23.3. The number of aromatic nitrogens is 1. The van der Waals surface area contributed by atoms with Gasteiger partial charge in [-0.2, -0.15) is 0 Å². The van der Waals surface area contributed by atoms with E-state index in [2.05, 4.69) is 9.88 Å². The van der Waals surface area contributed by atoms with E-state index in [-0.39, 0.29) is 11.8 Å². The summed E-state index contributed by atoms with van der Waals surface area (Å²) >= 11 is 0. The third-order valence-corrected chi connectivity index (χ3v) is 8.46. The molecule has 1 saturated heterocycles. The molecule has 1 atom stereocenters. The molecule has 8 heteroatoms. The van der Waals surface area contributed by atoms with Gasteiger partial charge in [0.25, 0.3) is 0 Å². The van der Waals surface area contributed by atoms with Crippen molar-refractivity contribution < 1.29 is 28.5 Å². The summed E-state index contributed by atoms with van der Waals surface area (Å²) in [5.41, 5.74) is 2.43. The number of phenols is 1. The molecule has 6 rings (SSSR count). The van der Waals surface area contributed by atoms with Crippen LogP contribution in [0.4, 0.5) is 0 Å². The molecule has 2 aromatic carbocycles. The van der Waals surface area contributed by atoms with Crippen molar-refractivity contribution in [2.24, 2.45) is 5.92 Å². The van der Waals surface area contributed by atoms with Gasteiger partial charge >= 0.3 is 5.97 Å². The largest absolute Gasteiger partial charge is 0.507 e. The van der Waals surface area contributed by atoms with Gasteiger partial charge < -0.3 is 23.7 Å². The molecule has 0 bridgehead atoms. The maximum atomic E-state index is 13.1. The van der Waals surface area contributed by atoms with Crippen LogP contribution in [0.15, 0.2) is 47.1 Å². The molecule has 1 aliphatic carbocycles. The number of aromatic hydroxyl groups is 1.